The summed E-state index contributed by atoms with van der Waals surface area (Å²) in [4.78, 5) is 7.53. The molecule has 0 spiro atoms. The van der Waals surface area contributed by atoms with Crippen LogP contribution in [0.2, 0.25) is 0 Å². The first-order valence-electron chi connectivity index (χ1n) is 6.53. The number of fused-ring (bicyclic) bond motifs is 1. The lowest BCUT2D eigenvalue weighted by atomic mass is 10.2. The third-order valence-corrected chi connectivity index (χ3v) is 3.23. The van der Waals surface area contributed by atoms with Crippen molar-refractivity contribution in [2.45, 2.75) is 6.42 Å². The normalized spacial score (nSPS) is 10.3. The van der Waals surface area contributed by atoms with Crippen molar-refractivity contribution in [2.75, 3.05) is 11.9 Å². The monoisotopic (exact) mass is 262 g/mol. The number of H-pyrrole nitrogens is 1. The van der Waals surface area contributed by atoms with E-state index >= 15 is 0 Å². The van der Waals surface area contributed by atoms with Gasteiger partial charge in [-0.25, -0.2) is 0 Å². The van der Waals surface area contributed by atoms with Gasteiger partial charge in [0.05, 0.1) is 0 Å². The number of nitrogens with one attached hydrogen (secondary N) is 2. The van der Waals surface area contributed by atoms with Gasteiger partial charge in [-0.05, 0) is 18.2 Å². The maximum atomic E-state index is 9.30. The molecule has 98 valence electrons. The van der Waals surface area contributed by atoms with E-state index in [2.05, 4.69) is 21.4 Å². The predicted molar refractivity (Wildman–Crippen MR) is 79.4 cm³/mol. The molecule has 0 fully saturated rings. The third kappa shape index (κ3) is 2.34. The smallest absolute Gasteiger partial charge is 0.122 e. The summed E-state index contributed by atoms with van der Waals surface area (Å²) in [6.45, 7) is 0.735. The molecule has 0 aliphatic rings. The largest absolute Gasteiger partial charge is 0.370 e. The predicted octanol–water partition coefficient (Wildman–Crippen LogP) is 3.09. The number of nitriles is 1. The quantitative estimate of drug-likeness (QED) is 0.759. The van der Waals surface area contributed by atoms with Crippen molar-refractivity contribution in [1.29, 1.82) is 5.26 Å². The van der Waals surface area contributed by atoms with Crippen molar-refractivity contribution >= 4 is 16.7 Å². The third-order valence-electron chi connectivity index (χ3n) is 3.23. The Bertz CT molecular complexity index is 753. The maximum Gasteiger partial charge on any atom is 0.122 e. The first kappa shape index (κ1) is 12.2. The molecule has 0 atom stereocenters. The fourth-order valence-electron chi connectivity index (χ4n) is 2.25. The van der Waals surface area contributed by atoms with Crippen molar-refractivity contribution in [3.63, 3.8) is 0 Å². The van der Waals surface area contributed by atoms with Crippen LogP contribution in [0.4, 0.5) is 5.82 Å². The van der Waals surface area contributed by atoms with Gasteiger partial charge in [0.15, 0.2) is 0 Å². The Balaban J connectivity index is 1.76. The van der Waals surface area contributed by atoms with Gasteiger partial charge in [-0.3, -0.25) is 4.98 Å². The second-order valence-electron chi connectivity index (χ2n) is 4.53. The second kappa shape index (κ2) is 5.45. The number of nitrogens with zero attached hydrogens (tertiary/aromatic N) is 2. The van der Waals surface area contributed by atoms with Crippen molar-refractivity contribution in [3.8, 4) is 6.07 Å². The standard InChI is InChI=1S/C16H14N4/c17-11-14-13-6-1-2-7-15(13)20-16(14)19-10-8-12-5-3-4-9-18-12/h1-7,9,19-20H,8,10H2. The van der Waals surface area contributed by atoms with Crippen molar-refractivity contribution in [2.24, 2.45) is 0 Å². The van der Waals surface area contributed by atoms with E-state index in [1.165, 1.54) is 0 Å². The summed E-state index contributed by atoms with van der Waals surface area (Å²) in [6.07, 6.45) is 2.61. The van der Waals surface area contributed by atoms with Crippen molar-refractivity contribution in [3.05, 3.63) is 59.9 Å². The molecular formula is C16H14N4. The summed E-state index contributed by atoms with van der Waals surface area (Å²) in [5.41, 5.74) is 2.68. The molecule has 2 N–H and O–H groups in total. The fourth-order valence-corrected chi connectivity index (χ4v) is 2.25. The molecule has 0 unspecified atom stereocenters. The van der Waals surface area contributed by atoms with Crippen LogP contribution in [0.5, 0.6) is 0 Å². The summed E-state index contributed by atoms with van der Waals surface area (Å²) in [7, 11) is 0. The highest BCUT2D eigenvalue weighted by atomic mass is 15.0. The zero-order valence-electron chi connectivity index (χ0n) is 10.9. The van der Waals surface area contributed by atoms with Gasteiger partial charge in [0, 0.05) is 35.8 Å². The van der Waals surface area contributed by atoms with E-state index in [1.54, 1.807) is 6.20 Å². The van der Waals surface area contributed by atoms with Gasteiger partial charge in [0.1, 0.15) is 17.5 Å². The lowest BCUT2D eigenvalue weighted by Crippen LogP contribution is -2.07. The summed E-state index contributed by atoms with van der Waals surface area (Å²) in [6, 6.07) is 16.0. The Morgan fingerprint density at radius 2 is 2.00 bits per heavy atom. The Labute approximate surface area is 117 Å². The topological polar surface area (TPSA) is 64.5 Å². The van der Waals surface area contributed by atoms with Gasteiger partial charge in [0.25, 0.3) is 0 Å². The molecule has 20 heavy (non-hydrogen) atoms. The van der Waals surface area contributed by atoms with Crippen LogP contribution in [0, 0.1) is 11.3 Å². The highest BCUT2D eigenvalue weighted by Gasteiger charge is 2.09. The van der Waals surface area contributed by atoms with Crippen LogP contribution in [0.25, 0.3) is 10.9 Å². The number of hydrogen-bond acceptors (Lipinski definition) is 3. The van der Waals surface area contributed by atoms with Gasteiger partial charge < -0.3 is 10.3 Å². The van der Waals surface area contributed by atoms with E-state index in [1.807, 2.05) is 42.5 Å². The second-order valence-corrected chi connectivity index (χ2v) is 4.53. The minimum absolute atomic E-state index is 0.668. The van der Waals surface area contributed by atoms with Crippen LogP contribution in [-0.2, 0) is 6.42 Å². The summed E-state index contributed by atoms with van der Waals surface area (Å²) in [5, 5.41) is 13.5. The molecule has 0 radical (unpaired) electrons. The van der Waals surface area contributed by atoms with Gasteiger partial charge in [-0.15, -0.1) is 0 Å². The van der Waals surface area contributed by atoms with E-state index in [0.29, 0.717) is 5.56 Å². The first-order valence-corrected chi connectivity index (χ1v) is 6.53. The Morgan fingerprint density at radius 3 is 2.80 bits per heavy atom. The number of rotatable bonds is 4. The number of benzene rings is 1. The van der Waals surface area contributed by atoms with Gasteiger partial charge >= 0.3 is 0 Å². The minimum atomic E-state index is 0.668. The molecule has 0 saturated heterocycles. The molecule has 3 aromatic rings. The lowest BCUT2D eigenvalue weighted by molar-refractivity contribution is 0.956. The number of hydrogen-bond donors (Lipinski definition) is 2. The van der Waals surface area contributed by atoms with E-state index in [9.17, 15) is 5.26 Å². The number of anilines is 1. The van der Waals surface area contributed by atoms with Crippen molar-refractivity contribution in [1.82, 2.24) is 9.97 Å². The van der Waals surface area contributed by atoms with Crippen LogP contribution in [0.15, 0.2) is 48.7 Å². The van der Waals surface area contributed by atoms with Gasteiger partial charge in [0.2, 0.25) is 0 Å². The molecule has 2 heterocycles. The van der Waals surface area contributed by atoms with Crippen LogP contribution in [0.1, 0.15) is 11.3 Å². The summed E-state index contributed by atoms with van der Waals surface area (Å²) < 4.78 is 0. The minimum Gasteiger partial charge on any atom is -0.370 e. The molecule has 4 heteroatoms. The van der Waals surface area contributed by atoms with E-state index in [0.717, 1.165) is 35.4 Å². The Hall–Kier alpha value is -2.80. The molecule has 1 aromatic carbocycles. The lowest BCUT2D eigenvalue weighted by Gasteiger charge is -2.04. The molecule has 0 aliphatic heterocycles. The molecular weight excluding hydrogens is 248 g/mol. The zero-order valence-corrected chi connectivity index (χ0v) is 10.9. The summed E-state index contributed by atoms with van der Waals surface area (Å²) in [5.74, 6) is 0.782. The maximum absolute atomic E-state index is 9.30. The average molecular weight is 262 g/mol. The molecule has 4 nitrogen and oxygen atoms in total. The van der Waals surface area contributed by atoms with Crippen molar-refractivity contribution < 1.29 is 0 Å². The average Bonchev–Trinajstić information content (AvgIpc) is 2.86. The van der Waals surface area contributed by atoms with Gasteiger partial charge in [-0.2, -0.15) is 5.26 Å². The van der Waals surface area contributed by atoms with Crippen LogP contribution < -0.4 is 5.32 Å². The van der Waals surface area contributed by atoms with Crippen LogP contribution >= 0.6 is 0 Å². The highest BCUT2D eigenvalue weighted by Crippen LogP contribution is 2.25. The molecule has 0 amide bonds. The molecule has 2 aromatic heterocycles. The van der Waals surface area contributed by atoms with E-state index in [4.69, 9.17) is 0 Å². The SMILES string of the molecule is N#Cc1c(NCCc2ccccn2)[nH]c2ccccc12. The molecule has 3 rings (SSSR count). The number of aromatic amines is 1. The Morgan fingerprint density at radius 1 is 1.15 bits per heavy atom. The number of pyridine rings is 1. The fraction of sp³-hybridized carbons (Fsp3) is 0.125. The highest BCUT2D eigenvalue weighted by molar-refractivity contribution is 5.91. The molecule has 0 bridgehead atoms. The van der Waals surface area contributed by atoms with Crippen LogP contribution in [0.3, 0.4) is 0 Å². The van der Waals surface area contributed by atoms with E-state index in [-0.39, 0.29) is 0 Å². The Kier molecular flexibility index (Phi) is 3.34. The zero-order chi connectivity index (χ0) is 13.8. The summed E-state index contributed by atoms with van der Waals surface area (Å²) >= 11 is 0. The van der Waals surface area contributed by atoms with Crippen LogP contribution in [-0.4, -0.2) is 16.5 Å². The molecule has 0 saturated carbocycles. The molecule has 0 aliphatic carbocycles. The van der Waals surface area contributed by atoms with E-state index < -0.39 is 0 Å². The number of aromatic nitrogens is 2. The first-order chi connectivity index (χ1) is 9.88. The number of para-hydroxylation sites is 1. The van der Waals surface area contributed by atoms with Gasteiger partial charge in [-0.1, -0.05) is 24.3 Å².